The number of benzene rings is 1. The van der Waals surface area contributed by atoms with E-state index >= 15 is 0 Å². The van der Waals surface area contributed by atoms with Crippen molar-refractivity contribution in [1.82, 2.24) is 4.90 Å². The lowest BCUT2D eigenvalue weighted by Gasteiger charge is -2.51. The average molecular weight is 357 g/mol. The van der Waals surface area contributed by atoms with Crippen LogP contribution in [0.25, 0.3) is 0 Å². The number of anilines is 1. The van der Waals surface area contributed by atoms with E-state index in [1.54, 1.807) is 4.90 Å². The maximum Gasteiger partial charge on any atom is 0.250 e. The number of carbonyl (C=O) groups is 2. The second-order valence-electron chi connectivity index (χ2n) is 8.72. The third-order valence-electron chi connectivity index (χ3n) is 6.25. The Kier molecular flexibility index (Phi) is 5.14. The quantitative estimate of drug-likeness (QED) is 0.854. The summed E-state index contributed by atoms with van der Waals surface area (Å²) < 4.78 is 0. The molecule has 1 N–H and O–H groups in total. The van der Waals surface area contributed by atoms with Crippen molar-refractivity contribution in [3.8, 4) is 0 Å². The molecular weight excluding hydrogens is 324 g/mol. The van der Waals surface area contributed by atoms with Crippen molar-refractivity contribution in [3.05, 3.63) is 29.3 Å². The summed E-state index contributed by atoms with van der Waals surface area (Å²) in [5, 5.41) is 3.15. The van der Waals surface area contributed by atoms with Crippen molar-refractivity contribution in [2.45, 2.75) is 78.2 Å². The Bertz CT molecular complexity index is 710. The number of aryl methyl sites for hydroxylation is 1. The van der Waals surface area contributed by atoms with Gasteiger partial charge in [0.15, 0.2) is 0 Å². The van der Waals surface area contributed by atoms with Crippen LogP contribution in [0.4, 0.5) is 5.69 Å². The van der Waals surface area contributed by atoms with Gasteiger partial charge in [-0.05, 0) is 62.6 Å². The molecule has 0 saturated carbocycles. The zero-order valence-electron chi connectivity index (χ0n) is 16.7. The molecule has 0 spiro atoms. The van der Waals surface area contributed by atoms with E-state index in [4.69, 9.17) is 0 Å². The van der Waals surface area contributed by atoms with Crippen molar-refractivity contribution in [2.75, 3.05) is 11.9 Å². The molecule has 26 heavy (non-hydrogen) atoms. The highest BCUT2D eigenvalue weighted by atomic mass is 16.2. The summed E-state index contributed by atoms with van der Waals surface area (Å²) in [6, 6.07) is 6.19. The molecule has 1 unspecified atom stereocenters. The SMILES string of the molecule is CCCC(C)(C)C(=O)N1CCC1(C)C(=O)Nc1cccc2c1CCCC2. The van der Waals surface area contributed by atoms with Crippen LogP contribution in [0.15, 0.2) is 18.2 Å². The van der Waals surface area contributed by atoms with Gasteiger partial charge in [-0.2, -0.15) is 0 Å². The second-order valence-corrected chi connectivity index (χ2v) is 8.72. The van der Waals surface area contributed by atoms with Gasteiger partial charge in [-0.25, -0.2) is 0 Å². The van der Waals surface area contributed by atoms with Crippen molar-refractivity contribution in [3.63, 3.8) is 0 Å². The average Bonchev–Trinajstić information content (AvgIpc) is 2.60. The van der Waals surface area contributed by atoms with Gasteiger partial charge in [0.2, 0.25) is 11.8 Å². The number of carbonyl (C=O) groups excluding carboxylic acids is 2. The van der Waals surface area contributed by atoms with E-state index in [1.165, 1.54) is 24.0 Å². The molecule has 1 aliphatic carbocycles. The summed E-state index contributed by atoms with van der Waals surface area (Å²) >= 11 is 0. The number of nitrogens with zero attached hydrogens (tertiary/aromatic N) is 1. The van der Waals surface area contributed by atoms with Crippen LogP contribution in [0, 0.1) is 5.41 Å². The van der Waals surface area contributed by atoms with E-state index < -0.39 is 11.0 Å². The fourth-order valence-electron chi connectivity index (χ4n) is 4.37. The lowest BCUT2D eigenvalue weighted by molar-refractivity contribution is -0.162. The first kappa shape index (κ1) is 18.9. The Labute approximate surface area is 157 Å². The molecule has 1 fully saturated rings. The number of rotatable bonds is 5. The maximum atomic E-state index is 13.1. The van der Waals surface area contributed by atoms with Crippen LogP contribution in [0.3, 0.4) is 0 Å². The first-order valence-electron chi connectivity index (χ1n) is 10.0. The molecule has 1 saturated heterocycles. The van der Waals surface area contributed by atoms with E-state index in [0.717, 1.165) is 37.8 Å². The molecule has 0 aromatic heterocycles. The number of amides is 2. The van der Waals surface area contributed by atoms with E-state index in [9.17, 15) is 9.59 Å². The third kappa shape index (κ3) is 3.26. The van der Waals surface area contributed by atoms with Crippen molar-refractivity contribution in [2.24, 2.45) is 5.41 Å². The minimum Gasteiger partial charge on any atom is -0.328 e. The van der Waals surface area contributed by atoms with Gasteiger partial charge in [-0.15, -0.1) is 0 Å². The highest BCUT2D eigenvalue weighted by Gasteiger charge is 2.52. The highest BCUT2D eigenvalue weighted by Crippen LogP contribution is 2.38. The van der Waals surface area contributed by atoms with E-state index in [2.05, 4.69) is 18.3 Å². The number of hydrogen-bond donors (Lipinski definition) is 1. The molecule has 142 valence electrons. The number of nitrogens with one attached hydrogen (secondary N) is 1. The molecule has 3 rings (SSSR count). The van der Waals surface area contributed by atoms with Crippen LogP contribution < -0.4 is 5.32 Å². The van der Waals surface area contributed by atoms with Gasteiger partial charge in [-0.1, -0.05) is 39.3 Å². The largest absolute Gasteiger partial charge is 0.328 e. The smallest absolute Gasteiger partial charge is 0.250 e. The van der Waals surface area contributed by atoms with Gasteiger partial charge in [0.1, 0.15) is 5.54 Å². The van der Waals surface area contributed by atoms with Crippen molar-refractivity contribution in [1.29, 1.82) is 0 Å². The molecule has 4 heteroatoms. The molecule has 1 aromatic carbocycles. The molecule has 1 atom stereocenters. The second kappa shape index (κ2) is 7.05. The standard InChI is InChI=1S/C22H32N2O2/c1-5-13-21(2,3)20(26)24-15-14-22(24,4)19(25)23-18-12-8-10-16-9-6-7-11-17(16)18/h8,10,12H,5-7,9,11,13-15H2,1-4H3,(H,23,25). The first-order valence-corrected chi connectivity index (χ1v) is 10.0. The third-order valence-corrected chi connectivity index (χ3v) is 6.25. The summed E-state index contributed by atoms with van der Waals surface area (Å²) in [6.07, 6.45) is 7.03. The number of hydrogen-bond acceptors (Lipinski definition) is 2. The van der Waals surface area contributed by atoms with Crippen LogP contribution >= 0.6 is 0 Å². The predicted octanol–water partition coefficient (Wildman–Crippen LogP) is 4.32. The fourth-order valence-corrected chi connectivity index (χ4v) is 4.37. The van der Waals surface area contributed by atoms with E-state index in [1.807, 2.05) is 32.9 Å². The normalized spacial score (nSPS) is 22.4. The monoisotopic (exact) mass is 356 g/mol. The van der Waals surface area contributed by atoms with Crippen molar-refractivity contribution < 1.29 is 9.59 Å². The van der Waals surface area contributed by atoms with E-state index in [-0.39, 0.29) is 11.8 Å². The Morgan fingerprint density at radius 1 is 1.23 bits per heavy atom. The Morgan fingerprint density at radius 3 is 2.62 bits per heavy atom. The Balaban J connectivity index is 1.77. The summed E-state index contributed by atoms with van der Waals surface area (Å²) in [5.41, 5.74) is 2.41. The molecule has 2 amide bonds. The van der Waals surface area contributed by atoms with Gasteiger partial charge in [0.05, 0.1) is 0 Å². The molecular formula is C22H32N2O2. The molecule has 0 radical (unpaired) electrons. The van der Waals surface area contributed by atoms with Crippen LogP contribution in [0.5, 0.6) is 0 Å². The topological polar surface area (TPSA) is 49.4 Å². The summed E-state index contributed by atoms with van der Waals surface area (Å²) in [6.45, 7) is 8.64. The molecule has 1 aromatic rings. The molecule has 0 bridgehead atoms. The minimum atomic E-state index is -0.737. The Hall–Kier alpha value is -1.84. The van der Waals surface area contributed by atoms with Crippen LogP contribution in [-0.2, 0) is 22.4 Å². The lowest BCUT2D eigenvalue weighted by atomic mass is 9.79. The lowest BCUT2D eigenvalue weighted by Crippen LogP contribution is -2.68. The van der Waals surface area contributed by atoms with Crippen LogP contribution in [0.2, 0.25) is 0 Å². The van der Waals surface area contributed by atoms with E-state index in [0.29, 0.717) is 6.54 Å². The van der Waals surface area contributed by atoms with Crippen molar-refractivity contribution >= 4 is 17.5 Å². The predicted molar refractivity (Wildman–Crippen MR) is 105 cm³/mol. The minimum absolute atomic E-state index is 0.0524. The van der Waals surface area contributed by atoms with Crippen LogP contribution in [-0.4, -0.2) is 28.8 Å². The van der Waals surface area contributed by atoms with Crippen LogP contribution in [0.1, 0.15) is 70.9 Å². The number of fused-ring (bicyclic) bond motifs is 1. The van der Waals surface area contributed by atoms with Gasteiger partial charge in [0, 0.05) is 17.6 Å². The van der Waals surface area contributed by atoms with Gasteiger partial charge in [0.25, 0.3) is 0 Å². The molecule has 1 heterocycles. The molecule has 2 aliphatic rings. The van der Waals surface area contributed by atoms with Gasteiger partial charge in [-0.3, -0.25) is 9.59 Å². The Morgan fingerprint density at radius 2 is 1.96 bits per heavy atom. The maximum absolute atomic E-state index is 13.1. The summed E-state index contributed by atoms with van der Waals surface area (Å²) in [5.74, 6) is 0.0433. The summed E-state index contributed by atoms with van der Waals surface area (Å²) in [4.78, 5) is 27.9. The number of likely N-dealkylation sites (tertiary alicyclic amines) is 1. The summed E-state index contributed by atoms with van der Waals surface area (Å²) in [7, 11) is 0. The van der Waals surface area contributed by atoms with Gasteiger partial charge < -0.3 is 10.2 Å². The van der Waals surface area contributed by atoms with Gasteiger partial charge >= 0.3 is 0 Å². The zero-order chi connectivity index (χ0) is 18.9. The molecule has 4 nitrogen and oxygen atoms in total. The zero-order valence-corrected chi connectivity index (χ0v) is 16.7. The highest BCUT2D eigenvalue weighted by molar-refractivity contribution is 6.02. The molecule has 1 aliphatic heterocycles. The first-order chi connectivity index (χ1) is 12.3. The fraction of sp³-hybridized carbons (Fsp3) is 0.636.